The zero-order valence-corrected chi connectivity index (χ0v) is 7.29. The van der Waals surface area contributed by atoms with Crippen molar-refractivity contribution in [2.45, 2.75) is 20.8 Å². The van der Waals surface area contributed by atoms with Crippen molar-refractivity contribution >= 4 is 6.29 Å². The number of carbonyl (C=O) groups excluding carboxylic acids is 1. The Balaban J connectivity index is 4.12. The SMILES string of the molecule is CC=C(C=O)C=CC=C(C)C. The molecule has 1 heteroatoms. The average Bonchev–Trinajstić information content (AvgIpc) is 1.98. The van der Waals surface area contributed by atoms with E-state index in [1.54, 1.807) is 12.2 Å². The van der Waals surface area contributed by atoms with Gasteiger partial charge in [-0.1, -0.05) is 29.9 Å². The van der Waals surface area contributed by atoms with Gasteiger partial charge in [-0.3, -0.25) is 4.79 Å². The predicted octanol–water partition coefficient (Wildman–Crippen LogP) is 2.65. The van der Waals surface area contributed by atoms with E-state index in [0.29, 0.717) is 5.57 Å². The molecule has 60 valence electrons. The Bertz CT molecular complexity index is 203. The van der Waals surface area contributed by atoms with Crippen molar-refractivity contribution in [2.24, 2.45) is 0 Å². The summed E-state index contributed by atoms with van der Waals surface area (Å²) in [7, 11) is 0. The molecule has 0 aromatic heterocycles. The third-order valence-electron chi connectivity index (χ3n) is 1.19. The Morgan fingerprint density at radius 1 is 1.27 bits per heavy atom. The first-order chi connectivity index (χ1) is 5.20. The molecule has 1 nitrogen and oxygen atoms in total. The van der Waals surface area contributed by atoms with Crippen molar-refractivity contribution in [3.05, 3.63) is 35.5 Å². The van der Waals surface area contributed by atoms with Crippen LogP contribution in [0.15, 0.2) is 35.5 Å². The molecule has 0 aliphatic carbocycles. The van der Waals surface area contributed by atoms with E-state index in [9.17, 15) is 4.79 Å². The summed E-state index contributed by atoms with van der Waals surface area (Å²) in [5, 5.41) is 0. The Morgan fingerprint density at radius 2 is 1.91 bits per heavy atom. The third-order valence-corrected chi connectivity index (χ3v) is 1.19. The lowest BCUT2D eigenvalue weighted by Crippen LogP contribution is -1.75. The first-order valence-corrected chi connectivity index (χ1v) is 3.63. The number of rotatable bonds is 3. The standard InChI is InChI=1S/C10H14O/c1-4-10(8-11)7-5-6-9(2)3/h4-8H,1-3H3. The maximum atomic E-state index is 10.3. The van der Waals surface area contributed by atoms with Gasteiger partial charge in [-0.15, -0.1) is 0 Å². The van der Waals surface area contributed by atoms with Gasteiger partial charge in [0.2, 0.25) is 0 Å². The van der Waals surface area contributed by atoms with Crippen LogP contribution in [0.4, 0.5) is 0 Å². The van der Waals surface area contributed by atoms with Crippen molar-refractivity contribution in [2.75, 3.05) is 0 Å². The molecule has 0 aromatic carbocycles. The molecule has 0 rings (SSSR count). The smallest absolute Gasteiger partial charge is 0.149 e. The highest BCUT2D eigenvalue weighted by Crippen LogP contribution is 1.94. The quantitative estimate of drug-likeness (QED) is 0.343. The molecule has 0 aromatic rings. The van der Waals surface area contributed by atoms with Gasteiger partial charge in [0.05, 0.1) is 0 Å². The Hall–Kier alpha value is -1.11. The fourth-order valence-electron chi connectivity index (χ4n) is 0.555. The number of allylic oxidation sites excluding steroid dienone is 6. The van der Waals surface area contributed by atoms with Gasteiger partial charge in [-0.05, 0) is 20.8 Å². The molecule has 0 bridgehead atoms. The molecule has 0 radical (unpaired) electrons. The molecule has 0 spiro atoms. The Labute approximate surface area is 68.1 Å². The van der Waals surface area contributed by atoms with E-state index in [2.05, 4.69) is 0 Å². The predicted molar refractivity (Wildman–Crippen MR) is 48.4 cm³/mol. The van der Waals surface area contributed by atoms with Crippen LogP contribution in [0.25, 0.3) is 0 Å². The van der Waals surface area contributed by atoms with Gasteiger partial charge >= 0.3 is 0 Å². The molecule has 0 heterocycles. The average molecular weight is 150 g/mol. The second-order valence-electron chi connectivity index (χ2n) is 2.51. The van der Waals surface area contributed by atoms with E-state index in [4.69, 9.17) is 0 Å². The molecular weight excluding hydrogens is 136 g/mol. The first kappa shape index (κ1) is 9.89. The minimum absolute atomic E-state index is 0.711. The van der Waals surface area contributed by atoms with Crippen molar-refractivity contribution in [3.8, 4) is 0 Å². The number of aldehydes is 1. The first-order valence-electron chi connectivity index (χ1n) is 3.63. The molecular formula is C10H14O. The lowest BCUT2D eigenvalue weighted by atomic mass is 10.2. The molecule has 0 N–H and O–H groups in total. The van der Waals surface area contributed by atoms with E-state index in [0.717, 1.165) is 6.29 Å². The summed E-state index contributed by atoms with van der Waals surface area (Å²) >= 11 is 0. The second-order valence-corrected chi connectivity index (χ2v) is 2.51. The number of hydrogen-bond donors (Lipinski definition) is 0. The number of hydrogen-bond acceptors (Lipinski definition) is 1. The van der Waals surface area contributed by atoms with Crippen LogP contribution in [-0.4, -0.2) is 6.29 Å². The third kappa shape index (κ3) is 5.34. The highest BCUT2D eigenvalue weighted by Gasteiger charge is 1.81. The molecule has 0 aliphatic heterocycles. The summed E-state index contributed by atoms with van der Waals surface area (Å²) in [4.78, 5) is 10.3. The van der Waals surface area contributed by atoms with Crippen LogP contribution in [0.1, 0.15) is 20.8 Å². The van der Waals surface area contributed by atoms with Crippen LogP contribution >= 0.6 is 0 Å². The Morgan fingerprint density at radius 3 is 2.27 bits per heavy atom. The largest absolute Gasteiger partial charge is 0.298 e. The monoisotopic (exact) mass is 150 g/mol. The summed E-state index contributed by atoms with van der Waals surface area (Å²) in [5.41, 5.74) is 1.94. The van der Waals surface area contributed by atoms with Crippen LogP contribution in [0.3, 0.4) is 0 Å². The van der Waals surface area contributed by atoms with Crippen molar-refractivity contribution in [3.63, 3.8) is 0 Å². The second kappa shape index (κ2) is 5.66. The van der Waals surface area contributed by atoms with Crippen LogP contribution in [0.5, 0.6) is 0 Å². The van der Waals surface area contributed by atoms with Crippen LogP contribution in [-0.2, 0) is 4.79 Å². The van der Waals surface area contributed by atoms with Gasteiger partial charge in [-0.25, -0.2) is 0 Å². The van der Waals surface area contributed by atoms with Gasteiger partial charge in [0.25, 0.3) is 0 Å². The molecule has 0 aliphatic rings. The molecule has 0 atom stereocenters. The van der Waals surface area contributed by atoms with Gasteiger partial charge in [-0.2, -0.15) is 0 Å². The summed E-state index contributed by atoms with van der Waals surface area (Å²) in [6, 6.07) is 0. The van der Waals surface area contributed by atoms with E-state index in [1.165, 1.54) is 5.57 Å². The zero-order valence-electron chi connectivity index (χ0n) is 7.29. The molecule has 0 saturated carbocycles. The lowest BCUT2D eigenvalue weighted by Gasteiger charge is -1.85. The van der Waals surface area contributed by atoms with Gasteiger partial charge in [0.15, 0.2) is 0 Å². The normalized spacial score (nSPS) is 11.7. The molecule has 0 unspecified atom stereocenters. The van der Waals surface area contributed by atoms with Gasteiger partial charge in [0, 0.05) is 5.57 Å². The summed E-state index contributed by atoms with van der Waals surface area (Å²) in [5.74, 6) is 0. The Kier molecular flexibility index (Phi) is 5.09. The minimum Gasteiger partial charge on any atom is -0.298 e. The van der Waals surface area contributed by atoms with E-state index < -0.39 is 0 Å². The minimum atomic E-state index is 0.711. The molecule has 0 amide bonds. The highest BCUT2D eigenvalue weighted by molar-refractivity contribution is 5.77. The number of carbonyl (C=O) groups is 1. The topological polar surface area (TPSA) is 17.1 Å². The van der Waals surface area contributed by atoms with Crippen molar-refractivity contribution in [1.82, 2.24) is 0 Å². The van der Waals surface area contributed by atoms with Crippen LogP contribution < -0.4 is 0 Å². The highest BCUT2D eigenvalue weighted by atomic mass is 16.1. The van der Waals surface area contributed by atoms with Crippen molar-refractivity contribution in [1.29, 1.82) is 0 Å². The molecule has 11 heavy (non-hydrogen) atoms. The van der Waals surface area contributed by atoms with Gasteiger partial charge < -0.3 is 0 Å². The van der Waals surface area contributed by atoms with Crippen molar-refractivity contribution < 1.29 is 4.79 Å². The molecule has 0 saturated heterocycles. The van der Waals surface area contributed by atoms with E-state index in [1.807, 2.05) is 32.9 Å². The maximum absolute atomic E-state index is 10.3. The fraction of sp³-hybridized carbons (Fsp3) is 0.300. The van der Waals surface area contributed by atoms with Crippen LogP contribution in [0, 0.1) is 0 Å². The zero-order chi connectivity index (χ0) is 8.69. The summed E-state index contributed by atoms with van der Waals surface area (Å²) in [6.45, 7) is 5.87. The van der Waals surface area contributed by atoms with Gasteiger partial charge in [0.1, 0.15) is 6.29 Å². The van der Waals surface area contributed by atoms with Crippen LogP contribution in [0.2, 0.25) is 0 Å². The van der Waals surface area contributed by atoms with E-state index in [-0.39, 0.29) is 0 Å². The molecule has 0 fully saturated rings. The maximum Gasteiger partial charge on any atom is 0.149 e. The fourth-order valence-corrected chi connectivity index (χ4v) is 0.555. The lowest BCUT2D eigenvalue weighted by molar-refractivity contribution is -0.104. The summed E-state index contributed by atoms with van der Waals surface area (Å²) in [6.07, 6.45) is 8.25. The van der Waals surface area contributed by atoms with E-state index >= 15 is 0 Å². The summed E-state index contributed by atoms with van der Waals surface area (Å²) < 4.78 is 0.